The van der Waals surface area contributed by atoms with Crippen LogP contribution in [0, 0.1) is 6.92 Å². The van der Waals surface area contributed by atoms with E-state index in [0.29, 0.717) is 19.8 Å². The highest BCUT2D eigenvalue weighted by molar-refractivity contribution is 5.75. The molecule has 0 fully saturated rings. The summed E-state index contributed by atoms with van der Waals surface area (Å²) in [6.45, 7) is 6.11. The van der Waals surface area contributed by atoms with Gasteiger partial charge in [-0.1, -0.05) is 29.8 Å². The summed E-state index contributed by atoms with van der Waals surface area (Å²) in [7, 11) is 0. The number of nitrogens with one attached hydrogen (secondary N) is 1. The molecule has 0 spiro atoms. The van der Waals surface area contributed by atoms with Gasteiger partial charge in [-0.3, -0.25) is 9.59 Å². The number of aromatic nitrogens is 2. The van der Waals surface area contributed by atoms with E-state index < -0.39 is 0 Å². The molecule has 0 radical (unpaired) electrons. The van der Waals surface area contributed by atoms with E-state index in [1.807, 2.05) is 38.1 Å². The van der Waals surface area contributed by atoms with Gasteiger partial charge in [-0.05, 0) is 26.3 Å². The summed E-state index contributed by atoms with van der Waals surface area (Å²) in [5.41, 5.74) is 2.62. The standard InChI is InChI=1S/C19H25N3O3/c1-3-25-14-4-12-20-18(23)11-13-22-19(24)10-9-17(21-22)16-7-5-15(2)6-8-16/h5-10H,3-4,11-14H2,1-2H3,(H,20,23). The van der Waals surface area contributed by atoms with Crippen molar-refractivity contribution in [1.29, 1.82) is 0 Å². The van der Waals surface area contributed by atoms with Crippen molar-refractivity contribution in [3.05, 3.63) is 52.3 Å². The van der Waals surface area contributed by atoms with Crippen LogP contribution in [-0.2, 0) is 16.1 Å². The Kier molecular flexibility index (Phi) is 7.35. The fraction of sp³-hybridized carbons (Fsp3) is 0.421. The third-order valence-corrected chi connectivity index (χ3v) is 3.76. The van der Waals surface area contributed by atoms with E-state index in [4.69, 9.17) is 4.74 Å². The van der Waals surface area contributed by atoms with Crippen LogP contribution in [0.2, 0.25) is 0 Å². The van der Waals surface area contributed by atoms with Gasteiger partial charge in [-0.2, -0.15) is 5.10 Å². The number of carbonyl (C=O) groups excluding carboxylic acids is 1. The number of hydrogen-bond donors (Lipinski definition) is 1. The second-order valence-electron chi connectivity index (χ2n) is 5.80. The van der Waals surface area contributed by atoms with E-state index in [2.05, 4.69) is 10.4 Å². The molecule has 6 nitrogen and oxygen atoms in total. The minimum absolute atomic E-state index is 0.0917. The third-order valence-electron chi connectivity index (χ3n) is 3.76. The molecule has 134 valence electrons. The molecule has 0 bridgehead atoms. The number of nitrogens with zero attached hydrogens (tertiary/aromatic N) is 2. The van der Waals surface area contributed by atoms with Gasteiger partial charge in [0.2, 0.25) is 5.91 Å². The first-order chi connectivity index (χ1) is 12.1. The predicted octanol–water partition coefficient (Wildman–Crippen LogP) is 2.15. The maximum absolute atomic E-state index is 12.0. The topological polar surface area (TPSA) is 73.2 Å². The molecule has 0 aliphatic rings. The molecule has 0 aliphatic heterocycles. The van der Waals surface area contributed by atoms with Gasteiger partial charge in [-0.15, -0.1) is 0 Å². The number of benzene rings is 1. The van der Waals surface area contributed by atoms with E-state index in [9.17, 15) is 9.59 Å². The largest absolute Gasteiger partial charge is 0.382 e. The van der Waals surface area contributed by atoms with Gasteiger partial charge in [-0.25, -0.2) is 4.68 Å². The van der Waals surface area contributed by atoms with Crippen LogP contribution in [0.5, 0.6) is 0 Å². The molecule has 1 heterocycles. The third kappa shape index (κ3) is 6.15. The molecule has 0 saturated carbocycles. The molecule has 2 rings (SSSR count). The number of ether oxygens (including phenoxy) is 1. The lowest BCUT2D eigenvalue weighted by Gasteiger charge is -2.08. The Labute approximate surface area is 147 Å². The predicted molar refractivity (Wildman–Crippen MR) is 97.4 cm³/mol. The highest BCUT2D eigenvalue weighted by Gasteiger charge is 2.06. The molecule has 0 aliphatic carbocycles. The fourth-order valence-electron chi connectivity index (χ4n) is 2.33. The van der Waals surface area contributed by atoms with E-state index in [0.717, 1.165) is 23.2 Å². The highest BCUT2D eigenvalue weighted by Crippen LogP contribution is 2.15. The molecule has 1 N–H and O–H groups in total. The first kappa shape index (κ1) is 18.9. The first-order valence-electron chi connectivity index (χ1n) is 8.60. The van der Waals surface area contributed by atoms with Crippen LogP contribution in [0.1, 0.15) is 25.3 Å². The Morgan fingerprint density at radius 2 is 1.96 bits per heavy atom. The normalized spacial score (nSPS) is 10.6. The number of rotatable bonds is 9. The van der Waals surface area contributed by atoms with Crippen molar-refractivity contribution in [3.8, 4) is 11.3 Å². The Balaban J connectivity index is 1.91. The minimum Gasteiger partial charge on any atom is -0.382 e. The van der Waals surface area contributed by atoms with Crippen LogP contribution in [0.15, 0.2) is 41.2 Å². The van der Waals surface area contributed by atoms with Crippen LogP contribution < -0.4 is 10.9 Å². The van der Waals surface area contributed by atoms with Gasteiger partial charge in [0.1, 0.15) is 0 Å². The molecule has 1 amide bonds. The summed E-state index contributed by atoms with van der Waals surface area (Å²) < 4.78 is 6.56. The summed E-state index contributed by atoms with van der Waals surface area (Å²) in [4.78, 5) is 23.8. The molecule has 0 atom stereocenters. The lowest BCUT2D eigenvalue weighted by molar-refractivity contribution is -0.121. The zero-order valence-electron chi connectivity index (χ0n) is 14.8. The van der Waals surface area contributed by atoms with Crippen LogP contribution in [0.25, 0.3) is 11.3 Å². The van der Waals surface area contributed by atoms with Crippen LogP contribution in [0.3, 0.4) is 0 Å². The highest BCUT2D eigenvalue weighted by atomic mass is 16.5. The maximum Gasteiger partial charge on any atom is 0.266 e. The van der Waals surface area contributed by atoms with Crippen molar-refractivity contribution < 1.29 is 9.53 Å². The summed E-state index contributed by atoms with van der Waals surface area (Å²) in [5, 5.41) is 7.19. The van der Waals surface area contributed by atoms with E-state index in [-0.39, 0.29) is 24.4 Å². The summed E-state index contributed by atoms with van der Waals surface area (Å²) in [5.74, 6) is -0.0917. The van der Waals surface area contributed by atoms with E-state index in [1.54, 1.807) is 6.07 Å². The van der Waals surface area contributed by atoms with Crippen LogP contribution >= 0.6 is 0 Å². The molecular weight excluding hydrogens is 318 g/mol. The monoisotopic (exact) mass is 343 g/mol. The van der Waals surface area contributed by atoms with E-state index in [1.165, 1.54) is 10.7 Å². The van der Waals surface area contributed by atoms with Crippen molar-refractivity contribution in [1.82, 2.24) is 15.1 Å². The second-order valence-corrected chi connectivity index (χ2v) is 5.80. The minimum atomic E-state index is -0.208. The second kappa shape index (κ2) is 9.74. The Morgan fingerprint density at radius 3 is 2.68 bits per heavy atom. The van der Waals surface area contributed by atoms with Crippen molar-refractivity contribution >= 4 is 5.91 Å². The molecule has 1 aromatic carbocycles. The van der Waals surface area contributed by atoms with Gasteiger partial charge in [0.15, 0.2) is 0 Å². The number of amides is 1. The van der Waals surface area contributed by atoms with Crippen molar-refractivity contribution in [2.45, 2.75) is 33.2 Å². The zero-order valence-corrected chi connectivity index (χ0v) is 14.8. The van der Waals surface area contributed by atoms with Gasteiger partial charge in [0, 0.05) is 37.8 Å². The van der Waals surface area contributed by atoms with Crippen LogP contribution in [0.4, 0.5) is 0 Å². The van der Waals surface area contributed by atoms with Crippen molar-refractivity contribution in [3.63, 3.8) is 0 Å². The first-order valence-corrected chi connectivity index (χ1v) is 8.60. The quantitative estimate of drug-likeness (QED) is 0.708. The van der Waals surface area contributed by atoms with Gasteiger partial charge in [0.25, 0.3) is 5.56 Å². The van der Waals surface area contributed by atoms with Gasteiger partial charge in [0.05, 0.1) is 12.2 Å². The number of hydrogen-bond acceptors (Lipinski definition) is 4. The molecule has 0 saturated heterocycles. The van der Waals surface area contributed by atoms with Gasteiger partial charge >= 0.3 is 0 Å². The summed E-state index contributed by atoms with van der Waals surface area (Å²) in [6.07, 6.45) is 1.000. The average molecular weight is 343 g/mol. The molecule has 2 aromatic rings. The zero-order chi connectivity index (χ0) is 18.1. The fourth-order valence-corrected chi connectivity index (χ4v) is 2.33. The Bertz CT molecular complexity index is 738. The number of aryl methyl sites for hydroxylation is 2. The summed E-state index contributed by atoms with van der Waals surface area (Å²) in [6, 6.07) is 11.1. The molecule has 1 aromatic heterocycles. The van der Waals surface area contributed by atoms with Crippen LogP contribution in [-0.4, -0.2) is 35.4 Å². The lowest BCUT2D eigenvalue weighted by Crippen LogP contribution is -2.29. The lowest BCUT2D eigenvalue weighted by atomic mass is 10.1. The summed E-state index contributed by atoms with van der Waals surface area (Å²) >= 11 is 0. The SMILES string of the molecule is CCOCCCNC(=O)CCn1nc(-c2ccc(C)cc2)ccc1=O. The molecular formula is C19H25N3O3. The Hall–Kier alpha value is -2.47. The van der Waals surface area contributed by atoms with E-state index >= 15 is 0 Å². The molecule has 25 heavy (non-hydrogen) atoms. The van der Waals surface area contributed by atoms with Gasteiger partial charge < -0.3 is 10.1 Å². The smallest absolute Gasteiger partial charge is 0.266 e. The average Bonchev–Trinajstić information content (AvgIpc) is 2.61. The Morgan fingerprint density at radius 1 is 1.20 bits per heavy atom. The number of carbonyl (C=O) groups is 1. The maximum atomic E-state index is 12.0. The molecule has 0 unspecified atom stereocenters. The van der Waals surface area contributed by atoms with Crippen molar-refractivity contribution in [2.75, 3.05) is 19.8 Å². The van der Waals surface area contributed by atoms with Crippen molar-refractivity contribution in [2.24, 2.45) is 0 Å². The molecule has 6 heteroatoms.